The van der Waals surface area contributed by atoms with Gasteiger partial charge in [-0.1, -0.05) is 11.8 Å². The predicted molar refractivity (Wildman–Crippen MR) is 84.1 cm³/mol. The van der Waals surface area contributed by atoms with E-state index in [0.29, 0.717) is 25.7 Å². The molecule has 1 saturated heterocycles. The van der Waals surface area contributed by atoms with Crippen molar-refractivity contribution in [2.45, 2.75) is 12.8 Å². The molecule has 2 rings (SSSR count). The van der Waals surface area contributed by atoms with Gasteiger partial charge in [-0.3, -0.25) is 4.90 Å². The molecule has 0 spiro atoms. The average molecular weight is 288 g/mol. The summed E-state index contributed by atoms with van der Waals surface area (Å²) >= 11 is 0. The number of hydrogen-bond acceptors (Lipinski definition) is 4. The van der Waals surface area contributed by atoms with Gasteiger partial charge in [0, 0.05) is 18.7 Å². The van der Waals surface area contributed by atoms with E-state index in [2.05, 4.69) is 16.7 Å². The van der Waals surface area contributed by atoms with E-state index >= 15 is 0 Å². The van der Waals surface area contributed by atoms with Crippen LogP contribution in [0.5, 0.6) is 5.75 Å². The van der Waals surface area contributed by atoms with Crippen LogP contribution in [0.2, 0.25) is 0 Å². The van der Waals surface area contributed by atoms with Crippen molar-refractivity contribution in [3.8, 4) is 17.6 Å². The second kappa shape index (κ2) is 8.68. The zero-order chi connectivity index (χ0) is 14.9. The third-order valence-electron chi connectivity index (χ3n) is 3.83. The molecule has 0 atom stereocenters. The van der Waals surface area contributed by atoms with Crippen molar-refractivity contribution in [2.75, 3.05) is 39.4 Å². The lowest BCUT2D eigenvalue weighted by Gasteiger charge is -2.30. The van der Waals surface area contributed by atoms with E-state index in [9.17, 15) is 0 Å². The Hall–Kier alpha value is -1.54. The third-order valence-corrected chi connectivity index (χ3v) is 3.83. The summed E-state index contributed by atoms with van der Waals surface area (Å²) in [4.78, 5) is 2.40. The fraction of sp³-hybridized carbons (Fsp3) is 0.529. The van der Waals surface area contributed by atoms with Crippen molar-refractivity contribution < 1.29 is 9.84 Å². The second-order valence-electron chi connectivity index (χ2n) is 5.35. The summed E-state index contributed by atoms with van der Waals surface area (Å²) in [5.41, 5.74) is 6.30. The fourth-order valence-corrected chi connectivity index (χ4v) is 2.47. The molecule has 0 aliphatic carbocycles. The Labute approximate surface area is 126 Å². The number of rotatable bonds is 5. The highest BCUT2D eigenvalue weighted by Gasteiger charge is 2.17. The molecule has 1 aliphatic heterocycles. The van der Waals surface area contributed by atoms with Gasteiger partial charge >= 0.3 is 0 Å². The molecule has 4 nitrogen and oxygen atoms in total. The first-order valence-corrected chi connectivity index (χ1v) is 7.57. The van der Waals surface area contributed by atoms with Crippen LogP contribution < -0.4 is 10.5 Å². The zero-order valence-corrected chi connectivity index (χ0v) is 12.4. The van der Waals surface area contributed by atoms with E-state index < -0.39 is 0 Å². The van der Waals surface area contributed by atoms with E-state index in [4.69, 9.17) is 15.6 Å². The molecule has 114 valence electrons. The largest absolute Gasteiger partial charge is 0.492 e. The Kier molecular flexibility index (Phi) is 6.55. The first-order valence-electron chi connectivity index (χ1n) is 7.57. The Morgan fingerprint density at radius 3 is 2.57 bits per heavy atom. The first kappa shape index (κ1) is 15.8. The molecule has 1 aromatic rings. The normalized spacial score (nSPS) is 16.3. The maximum absolute atomic E-state index is 9.12. The number of nitrogens with zero attached hydrogens (tertiary/aromatic N) is 1. The van der Waals surface area contributed by atoms with Crippen LogP contribution in [-0.4, -0.2) is 49.4 Å². The Morgan fingerprint density at radius 1 is 1.24 bits per heavy atom. The molecule has 1 heterocycles. The number of benzene rings is 1. The number of piperidine rings is 1. The van der Waals surface area contributed by atoms with Gasteiger partial charge in [-0.05, 0) is 56.1 Å². The van der Waals surface area contributed by atoms with E-state index in [0.717, 1.165) is 43.8 Å². The van der Waals surface area contributed by atoms with Gasteiger partial charge in [0.15, 0.2) is 0 Å². The summed E-state index contributed by atoms with van der Waals surface area (Å²) < 4.78 is 5.76. The number of aliphatic hydroxyl groups is 1. The van der Waals surface area contributed by atoms with Gasteiger partial charge in [-0.15, -0.1) is 0 Å². The molecule has 0 saturated carbocycles. The molecule has 0 aromatic heterocycles. The fourth-order valence-electron chi connectivity index (χ4n) is 2.47. The Morgan fingerprint density at radius 2 is 1.95 bits per heavy atom. The average Bonchev–Trinajstić information content (AvgIpc) is 2.55. The van der Waals surface area contributed by atoms with E-state index in [1.54, 1.807) is 0 Å². The summed E-state index contributed by atoms with van der Waals surface area (Å²) in [7, 11) is 0. The molecule has 0 amide bonds. The van der Waals surface area contributed by atoms with Crippen LogP contribution in [0.25, 0.3) is 0 Å². The molecule has 3 N–H and O–H groups in total. The topological polar surface area (TPSA) is 58.7 Å². The molecule has 1 fully saturated rings. The van der Waals surface area contributed by atoms with Crippen molar-refractivity contribution in [1.29, 1.82) is 0 Å². The lowest BCUT2D eigenvalue weighted by atomic mass is 9.98. The van der Waals surface area contributed by atoms with Crippen LogP contribution in [0.1, 0.15) is 18.4 Å². The van der Waals surface area contributed by atoms with Crippen LogP contribution in [-0.2, 0) is 0 Å². The van der Waals surface area contributed by atoms with Gasteiger partial charge in [0.05, 0.1) is 6.54 Å². The van der Waals surface area contributed by atoms with E-state index in [1.807, 2.05) is 24.3 Å². The van der Waals surface area contributed by atoms with Crippen molar-refractivity contribution >= 4 is 0 Å². The van der Waals surface area contributed by atoms with Gasteiger partial charge in [-0.25, -0.2) is 0 Å². The number of hydrogen-bond donors (Lipinski definition) is 2. The molecule has 1 aromatic carbocycles. The maximum Gasteiger partial charge on any atom is 0.119 e. The SMILES string of the molecule is NCC#Cc1ccc(OCCN2CCC(CO)CC2)cc1. The molecule has 21 heavy (non-hydrogen) atoms. The predicted octanol–water partition coefficient (Wildman–Crippen LogP) is 1.08. The monoisotopic (exact) mass is 288 g/mol. The molecule has 0 radical (unpaired) electrons. The van der Waals surface area contributed by atoms with Crippen molar-refractivity contribution in [3.05, 3.63) is 29.8 Å². The van der Waals surface area contributed by atoms with Gasteiger partial charge in [0.1, 0.15) is 12.4 Å². The van der Waals surface area contributed by atoms with Crippen LogP contribution in [0.15, 0.2) is 24.3 Å². The Bertz CT molecular complexity index is 468. The lowest BCUT2D eigenvalue weighted by molar-refractivity contribution is 0.119. The van der Waals surface area contributed by atoms with Gasteiger partial charge < -0.3 is 15.6 Å². The molecule has 0 unspecified atom stereocenters. The summed E-state index contributed by atoms with van der Waals surface area (Å²) in [6, 6.07) is 7.78. The summed E-state index contributed by atoms with van der Waals surface area (Å²) in [5, 5.41) is 9.12. The van der Waals surface area contributed by atoms with Crippen LogP contribution in [0.3, 0.4) is 0 Å². The zero-order valence-electron chi connectivity index (χ0n) is 12.4. The standard InChI is InChI=1S/C17H24N2O2/c18-9-1-2-15-3-5-17(6-4-15)21-13-12-19-10-7-16(14-20)8-11-19/h3-6,16,20H,7-14,18H2. The van der Waals surface area contributed by atoms with Gasteiger partial charge in [0.2, 0.25) is 0 Å². The van der Waals surface area contributed by atoms with Crippen molar-refractivity contribution in [3.63, 3.8) is 0 Å². The number of ether oxygens (including phenoxy) is 1. The minimum absolute atomic E-state index is 0.323. The smallest absolute Gasteiger partial charge is 0.119 e. The van der Waals surface area contributed by atoms with Gasteiger partial charge in [0.25, 0.3) is 0 Å². The minimum Gasteiger partial charge on any atom is -0.492 e. The highest BCUT2D eigenvalue weighted by Crippen LogP contribution is 2.16. The van der Waals surface area contributed by atoms with Crippen LogP contribution in [0.4, 0.5) is 0 Å². The number of likely N-dealkylation sites (tertiary alicyclic amines) is 1. The molecule has 0 bridgehead atoms. The molecule has 1 aliphatic rings. The molecular formula is C17H24N2O2. The third kappa shape index (κ3) is 5.39. The highest BCUT2D eigenvalue weighted by atomic mass is 16.5. The first-order chi connectivity index (χ1) is 10.3. The minimum atomic E-state index is 0.323. The summed E-state index contributed by atoms with van der Waals surface area (Å²) in [6.45, 7) is 4.45. The van der Waals surface area contributed by atoms with Crippen molar-refractivity contribution in [2.24, 2.45) is 11.7 Å². The van der Waals surface area contributed by atoms with Crippen molar-refractivity contribution in [1.82, 2.24) is 4.90 Å². The summed E-state index contributed by atoms with van der Waals surface area (Å²) in [6.07, 6.45) is 2.18. The molecule has 4 heteroatoms. The maximum atomic E-state index is 9.12. The van der Waals surface area contributed by atoms with Gasteiger partial charge in [-0.2, -0.15) is 0 Å². The highest BCUT2D eigenvalue weighted by molar-refractivity contribution is 5.38. The summed E-state index contributed by atoms with van der Waals surface area (Å²) in [5.74, 6) is 7.18. The van der Waals surface area contributed by atoms with Crippen LogP contribution in [0, 0.1) is 17.8 Å². The molecular weight excluding hydrogens is 264 g/mol. The Balaban J connectivity index is 1.69. The number of aliphatic hydroxyl groups excluding tert-OH is 1. The van der Waals surface area contributed by atoms with Crippen LogP contribution >= 0.6 is 0 Å². The number of nitrogens with two attached hydrogens (primary N) is 1. The lowest BCUT2D eigenvalue weighted by Crippen LogP contribution is -2.37. The van der Waals surface area contributed by atoms with E-state index in [-0.39, 0.29) is 0 Å². The second-order valence-corrected chi connectivity index (χ2v) is 5.35. The van der Waals surface area contributed by atoms with E-state index in [1.165, 1.54) is 0 Å². The quantitative estimate of drug-likeness (QED) is 0.796.